The number of benzene rings is 1. The topological polar surface area (TPSA) is 110 Å². The van der Waals surface area contributed by atoms with Gasteiger partial charge in [-0.05, 0) is 37.6 Å². The molecule has 1 aromatic carbocycles. The summed E-state index contributed by atoms with van der Waals surface area (Å²) in [6.45, 7) is 3.48. The molecule has 0 bridgehead atoms. The van der Waals surface area contributed by atoms with Gasteiger partial charge in [0, 0.05) is 18.2 Å². The number of carbonyl (C=O) groups is 1. The quantitative estimate of drug-likeness (QED) is 0.784. The number of nitrogens with zero attached hydrogens (tertiary/aromatic N) is 1. The summed E-state index contributed by atoms with van der Waals surface area (Å²) < 4.78 is 29.1. The summed E-state index contributed by atoms with van der Waals surface area (Å²) >= 11 is 0. The summed E-state index contributed by atoms with van der Waals surface area (Å²) in [6, 6.07) is 7.71. The number of nitrogens with one attached hydrogen (secondary N) is 1. The lowest BCUT2D eigenvalue weighted by Crippen LogP contribution is -2.30. The van der Waals surface area contributed by atoms with Crippen molar-refractivity contribution in [1.82, 2.24) is 10.5 Å². The van der Waals surface area contributed by atoms with Crippen molar-refractivity contribution in [2.45, 2.75) is 31.3 Å². The van der Waals surface area contributed by atoms with Crippen LogP contribution in [0.3, 0.4) is 0 Å². The predicted molar refractivity (Wildman–Crippen MR) is 88.3 cm³/mol. The van der Waals surface area contributed by atoms with Gasteiger partial charge >= 0.3 is 0 Å². The van der Waals surface area contributed by atoms with Gasteiger partial charge in [0.1, 0.15) is 0 Å². The molecule has 1 unspecified atom stereocenters. The first-order valence-electron chi connectivity index (χ1n) is 7.59. The van der Waals surface area contributed by atoms with Crippen molar-refractivity contribution in [2.24, 2.45) is 0 Å². The smallest absolute Gasteiger partial charge is 0.273 e. The van der Waals surface area contributed by atoms with Gasteiger partial charge in [0.2, 0.25) is 0 Å². The second-order valence-corrected chi connectivity index (χ2v) is 7.59. The van der Waals surface area contributed by atoms with Gasteiger partial charge in [-0.15, -0.1) is 0 Å². The Hall–Kier alpha value is -2.19. The third kappa shape index (κ3) is 4.42. The zero-order valence-electron chi connectivity index (χ0n) is 13.5. The Morgan fingerprint density at radius 2 is 2.00 bits per heavy atom. The molecule has 2 rings (SSSR count). The molecule has 8 heteroatoms. The van der Waals surface area contributed by atoms with Gasteiger partial charge in [-0.1, -0.05) is 12.1 Å². The molecule has 0 aliphatic carbocycles. The molecule has 0 saturated heterocycles. The van der Waals surface area contributed by atoms with Crippen LogP contribution in [0.15, 0.2) is 39.8 Å². The minimum absolute atomic E-state index is 0.0910. The lowest BCUT2D eigenvalue weighted by molar-refractivity contribution is 0.0915. The Bertz CT molecular complexity index is 794. The van der Waals surface area contributed by atoms with Crippen LogP contribution in [0.1, 0.15) is 30.8 Å². The standard InChI is InChI=1S/C16H20N2O5S/c1-3-8-24(21,22)13-6-4-12(5-7-13)15-9-14(18-23-15)16(20)17-10-11(2)19/h4-7,9,11,19H,3,8,10H2,1-2H3,(H,17,20). The Morgan fingerprint density at radius 1 is 1.33 bits per heavy atom. The highest BCUT2D eigenvalue weighted by atomic mass is 32.2. The maximum absolute atomic E-state index is 12.0. The molecule has 0 saturated carbocycles. The first-order valence-corrected chi connectivity index (χ1v) is 9.25. The average molecular weight is 352 g/mol. The SMILES string of the molecule is CCCS(=O)(=O)c1ccc(-c2cc(C(=O)NCC(C)O)no2)cc1. The fraction of sp³-hybridized carbons (Fsp3) is 0.375. The van der Waals surface area contributed by atoms with Crippen LogP contribution in [0.4, 0.5) is 0 Å². The number of aliphatic hydroxyl groups excluding tert-OH is 1. The number of aromatic nitrogens is 1. The van der Waals surface area contributed by atoms with E-state index in [0.717, 1.165) is 0 Å². The largest absolute Gasteiger partial charge is 0.392 e. The van der Waals surface area contributed by atoms with Gasteiger partial charge in [0.25, 0.3) is 5.91 Å². The fourth-order valence-electron chi connectivity index (χ4n) is 2.06. The second-order valence-electron chi connectivity index (χ2n) is 5.48. The number of amides is 1. The van der Waals surface area contributed by atoms with E-state index in [1.807, 2.05) is 6.92 Å². The normalized spacial score (nSPS) is 12.8. The Kier molecular flexibility index (Phi) is 5.74. The van der Waals surface area contributed by atoms with E-state index in [9.17, 15) is 13.2 Å². The molecule has 24 heavy (non-hydrogen) atoms. The van der Waals surface area contributed by atoms with Crippen molar-refractivity contribution < 1.29 is 22.8 Å². The molecule has 1 amide bonds. The zero-order chi connectivity index (χ0) is 17.7. The maximum Gasteiger partial charge on any atom is 0.273 e. The number of hydrogen-bond donors (Lipinski definition) is 2. The summed E-state index contributed by atoms with van der Waals surface area (Å²) in [5.41, 5.74) is 0.709. The molecule has 1 atom stereocenters. The van der Waals surface area contributed by atoms with Crippen LogP contribution in [0.2, 0.25) is 0 Å². The van der Waals surface area contributed by atoms with E-state index in [0.29, 0.717) is 17.7 Å². The summed E-state index contributed by atoms with van der Waals surface area (Å²) in [5, 5.41) is 15.4. The third-order valence-corrected chi connectivity index (χ3v) is 5.21. The highest BCUT2D eigenvalue weighted by Gasteiger charge is 2.16. The van der Waals surface area contributed by atoms with Crippen LogP contribution in [0.5, 0.6) is 0 Å². The van der Waals surface area contributed by atoms with E-state index >= 15 is 0 Å². The second kappa shape index (κ2) is 7.59. The molecule has 1 aromatic heterocycles. The van der Waals surface area contributed by atoms with Gasteiger partial charge in [0.05, 0.1) is 16.8 Å². The van der Waals surface area contributed by atoms with Gasteiger partial charge < -0.3 is 14.9 Å². The van der Waals surface area contributed by atoms with Crippen LogP contribution < -0.4 is 5.32 Å². The van der Waals surface area contributed by atoms with Crippen molar-refractivity contribution in [2.75, 3.05) is 12.3 Å². The molecule has 130 valence electrons. The van der Waals surface area contributed by atoms with E-state index in [1.165, 1.54) is 18.2 Å². The summed E-state index contributed by atoms with van der Waals surface area (Å²) in [6.07, 6.45) is -0.102. The van der Waals surface area contributed by atoms with Crippen molar-refractivity contribution in [3.8, 4) is 11.3 Å². The Labute approximate surface area is 140 Å². The molecule has 0 radical (unpaired) electrons. The first kappa shape index (κ1) is 18.2. The van der Waals surface area contributed by atoms with Gasteiger partial charge in [-0.2, -0.15) is 0 Å². The molecule has 1 heterocycles. The molecule has 0 aliphatic heterocycles. The fourth-order valence-corrected chi connectivity index (χ4v) is 3.39. The Balaban J connectivity index is 2.14. The summed E-state index contributed by atoms with van der Waals surface area (Å²) in [4.78, 5) is 12.1. The predicted octanol–water partition coefficient (Wildman–Crippen LogP) is 1.64. The molecular formula is C16H20N2O5S. The van der Waals surface area contributed by atoms with E-state index < -0.39 is 21.8 Å². The van der Waals surface area contributed by atoms with E-state index in [-0.39, 0.29) is 22.9 Å². The van der Waals surface area contributed by atoms with E-state index in [2.05, 4.69) is 10.5 Å². The summed E-state index contributed by atoms with van der Waals surface area (Å²) in [7, 11) is -3.27. The third-order valence-electron chi connectivity index (χ3n) is 3.27. The number of carbonyl (C=O) groups excluding carboxylic acids is 1. The monoisotopic (exact) mass is 352 g/mol. The highest BCUT2D eigenvalue weighted by molar-refractivity contribution is 7.91. The van der Waals surface area contributed by atoms with Crippen molar-refractivity contribution in [3.63, 3.8) is 0 Å². The van der Waals surface area contributed by atoms with Crippen LogP contribution in [-0.2, 0) is 9.84 Å². The number of rotatable bonds is 7. The lowest BCUT2D eigenvalue weighted by atomic mass is 10.1. The van der Waals surface area contributed by atoms with Crippen molar-refractivity contribution >= 4 is 15.7 Å². The first-order chi connectivity index (χ1) is 11.3. The Morgan fingerprint density at radius 3 is 2.58 bits per heavy atom. The molecule has 0 spiro atoms. The van der Waals surface area contributed by atoms with E-state index in [4.69, 9.17) is 9.63 Å². The number of aliphatic hydroxyl groups is 1. The van der Waals surface area contributed by atoms with Gasteiger partial charge in [-0.25, -0.2) is 8.42 Å². The van der Waals surface area contributed by atoms with Crippen molar-refractivity contribution in [3.05, 3.63) is 36.0 Å². The molecule has 0 aliphatic rings. The van der Waals surface area contributed by atoms with Crippen LogP contribution >= 0.6 is 0 Å². The van der Waals surface area contributed by atoms with Crippen LogP contribution in [-0.4, -0.2) is 43.0 Å². The van der Waals surface area contributed by atoms with Crippen molar-refractivity contribution in [1.29, 1.82) is 0 Å². The van der Waals surface area contributed by atoms with Gasteiger partial charge in [-0.3, -0.25) is 4.79 Å². The molecular weight excluding hydrogens is 332 g/mol. The number of sulfone groups is 1. The molecule has 2 aromatic rings. The van der Waals surface area contributed by atoms with Crippen LogP contribution in [0.25, 0.3) is 11.3 Å². The minimum atomic E-state index is -3.27. The summed E-state index contributed by atoms with van der Waals surface area (Å²) in [5.74, 6) is 0.00657. The van der Waals surface area contributed by atoms with E-state index in [1.54, 1.807) is 19.1 Å². The number of hydrogen-bond acceptors (Lipinski definition) is 6. The van der Waals surface area contributed by atoms with Crippen LogP contribution in [0, 0.1) is 0 Å². The zero-order valence-corrected chi connectivity index (χ0v) is 14.3. The maximum atomic E-state index is 12.0. The molecule has 2 N–H and O–H groups in total. The highest BCUT2D eigenvalue weighted by Crippen LogP contribution is 2.23. The van der Waals surface area contributed by atoms with Gasteiger partial charge in [0.15, 0.2) is 21.3 Å². The minimum Gasteiger partial charge on any atom is -0.392 e. The molecule has 0 fully saturated rings. The lowest BCUT2D eigenvalue weighted by Gasteiger charge is -2.04. The molecule has 7 nitrogen and oxygen atoms in total. The average Bonchev–Trinajstić information content (AvgIpc) is 3.02.